The molecule has 1 aliphatic rings. The number of aryl methyl sites for hydroxylation is 4. The lowest BCUT2D eigenvalue weighted by molar-refractivity contribution is 0.662. The summed E-state index contributed by atoms with van der Waals surface area (Å²) in [6.45, 7) is 0. The maximum absolute atomic E-state index is 4.78. The van der Waals surface area contributed by atoms with Gasteiger partial charge in [-0.15, -0.1) is 0 Å². The van der Waals surface area contributed by atoms with Crippen molar-refractivity contribution in [2.45, 2.75) is 38.5 Å². The normalized spacial score (nSPS) is 14.6. The van der Waals surface area contributed by atoms with Gasteiger partial charge in [-0.1, -0.05) is 6.07 Å². The molecule has 0 atom stereocenters. The number of fused-ring (bicyclic) bond motifs is 1. The zero-order valence-corrected chi connectivity index (χ0v) is 9.95. The monoisotopic (exact) mass is 227 g/mol. The fourth-order valence-corrected chi connectivity index (χ4v) is 2.45. The first-order chi connectivity index (χ1) is 8.42. The third kappa shape index (κ3) is 2.38. The van der Waals surface area contributed by atoms with Gasteiger partial charge >= 0.3 is 0 Å². The van der Waals surface area contributed by atoms with E-state index in [1.54, 1.807) is 6.33 Å². The van der Waals surface area contributed by atoms with Gasteiger partial charge in [0.1, 0.15) is 0 Å². The molecule has 0 bridgehead atoms. The van der Waals surface area contributed by atoms with Crippen molar-refractivity contribution in [1.29, 1.82) is 0 Å². The van der Waals surface area contributed by atoms with E-state index < -0.39 is 0 Å². The number of H-pyrrole nitrogens is 1. The van der Waals surface area contributed by atoms with Crippen molar-refractivity contribution in [3.05, 3.63) is 47.3 Å². The standard InChI is InChI=1S/C14H17N3/c1-2-4-14-11(3-1)5-6-12(17-14)7-8-13-9-15-10-16-13/h5-6,9-10H,1-4,7-8H2,(H,15,16). The van der Waals surface area contributed by atoms with E-state index in [9.17, 15) is 0 Å². The summed E-state index contributed by atoms with van der Waals surface area (Å²) in [6, 6.07) is 4.45. The van der Waals surface area contributed by atoms with Crippen molar-refractivity contribution in [3.8, 4) is 0 Å². The van der Waals surface area contributed by atoms with Gasteiger partial charge in [-0.05, 0) is 50.2 Å². The Balaban J connectivity index is 1.71. The number of pyridine rings is 1. The van der Waals surface area contributed by atoms with Gasteiger partial charge < -0.3 is 4.98 Å². The maximum atomic E-state index is 4.78. The highest BCUT2D eigenvalue weighted by atomic mass is 14.9. The second-order valence-electron chi connectivity index (χ2n) is 4.69. The lowest BCUT2D eigenvalue weighted by Crippen LogP contribution is -2.07. The number of rotatable bonds is 3. The summed E-state index contributed by atoms with van der Waals surface area (Å²) >= 11 is 0. The molecule has 17 heavy (non-hydrogen) atoms. The van der Waals surface area contributed by atoms with Crippen LogP contribution in [0.1, 0.15) is 35.5 Å². The third-order valence-electron chi connectivity index (χ3n) is 3.44. The van der Waals surface area contributed by atoms with Crippen LogP contribution >= 0.6 is 0 Å². The summed E-state index contributed by atoms with van der Waals surface area (Å²) in [4.78, 5) is 11.9. The summed E-state index contributed by atoms with van der Waals surface area (Å²) in [5.41, 5.74) is 5.18. The molecular formula is C14H17N3. The predicted molar refractivity (Wildman–Crippen MR) is 66.9 cm³/mol. The molecule has 3 heteroatoms. The van der Waals surface area contributed by atoms with E-state index in [0.717, 1.165) is 19.3 Å². The van der Waals surface area contributed by atoms with Gasteiger partial charge in [0.2, 0.25) is 0 Å². The van der Waals surface area contributed by atoms with Gasteiger partial charge in [0, 0.05) is 23.3 Å². The van der Waals surface area contributed by atoms with Crippen molar-refractivity contribution in [1.82, 2.24) is 15.0 Å². The molecule has 2 aromatic heterocycles. The van der Waals surface area contributed by atoms with E-state index >= 15 is 0 Å². The van der Waals surface area contributed by atoms with Gasteiger partial charge in [-0.2, -0.15) is 0 Å². The highest BCUT2D eigenvalue weighted by Crippen LogP contribution is 2.19. The Morgan fingerprint density at radius 1 is 1.12 bits per heavy atom. The fraction of sp³-hybridized carbons (Fsp3) is 0.429. The Bertz CT molecular complexity index is 488. The molecule has 0 fully saturated rings. The van der Waals surface area contributed by atoms with E-state index in [4.69, 9.17) is 4.98 Å². The third-order valence-corrected chi connectivity index (χ3v) is 3.44. The molecule has 0 saturated carbocycles. The Morgan fingerprint density at radius 3 is 2.94 bits per heavy atom. The molecule has 0 aromatic carbocycles. The predicted octanol–water partition coefficient (Wildman–Crippen LogP) is 2.47. The van der Waals surface area contributed by atoms with Crippen LogP contribution in [0.15, 0.2) is 24.7 Å². The summed E-state index contributed by atoms with van der Waals surface area (Å²) in [5, 5.41) is 0. The van der Waals surface area contributed by atoms with Crippen LogP contribution in [-0.4, -0.2) is 15.0 Å². The van der Waals surface area contributed by atoms with Crippen LogP contribution in [0.5, 0.6) is 0 Å². The average Bonchev–Trinajstić information content (AvgIpc) is 2.89. The fourth-order valence-electron chi connectivity index (χ4n) is 2.45. The van der Waals surface area contributed by atoms with Crippen LogP contribution in [-0.2, 0) is 25.7 Å². The van der Waals surface area contributed by atoms with Gasteiger partial charge in [0.25, 0.3) is 0 Å². The van der Waals surface area contributed by atoms with Gasteiger partial charge in [-0.25, -0.2) is 4.98 Å². The molecular weight excluding hydrogens is 210 g/mol. The molecule has 0 spiro atoms. The van der Waals surface area contributed by atoms with Crippen LogP contribution in [0, 0.1) is 0 Å². The van der Waals surface area contributed by atoms with Gasteiger partial charge in [0.15, 0.2) is 0 Å². The van der Waals surface area contributed by atoms with Crippen LogP contribution in [0.3, 0.4) is 0 Å². The van der Waals surface area contributed by atoms with E-state index in [1.165, 1.54) is 41.9 Å². The maximum Gasteiger partial charge on any atom is 0.0921 e. The van der Waals surface area contributed by atoms with Crippen LogP contribution in [0.25, 0.3) is 0 Å². The average molecular weight is 227 g/mol. The van der Waals surface area contributed by atoms with Crippen molar-refractivity contribution in [2.75, 3.05) is 0 Å². The number of nitrogens with one attached hydrogen (secondary N) is 1. The number of hydrogen-bond donors (Lipinski definition) is 1. The summed E-state index contributed by atoms with van der Waals surface area (Å²) < 4.78 is 0. The topological polar surface area (TPSA) is 41.6 Å². The smallest absolute Gasteiger partial charge is 0.0921 e. The van der Waals surface area contributed by atoms with Crippen molar-refractivity contribution < 1.29 is 0 Å². The molecule has 3 rings (SSSR count). The molecule has 0 saturated heterocycles. The van der Waals surface area contributed by atoms with Gasteiger partial charge in [-0.3, -0.25) is 4.98 Å². The molecule has 88 valence electrons. The molecule has 0 aliphatic heterocycles. The molecule has 3 nitrogen and oxygen atoms in total. The minimum atomic E-state index is 0.992. The summed E-state index contributed by atoms with van der Waals surface area (Å²) in [6.07, 6.45) is 10.6. The lowest BCUT2D eigenvalue weighted by Gasteiger charge is -2.15. The number of nitrogens with zero attached hydrogens (tertiary/aromatic N) is 2. The van der Waals surface area contributed by atoms with E-state index in [-0.39, 0.29) is 0 Å². The summed E-state index contributed by atoms with van der Waals surface area (Å²) in [5.74, 6) is 0. The zero-order valence-electron chi connectivity index (χ0n) is 9.95. The number of imidazole rings is 1. The summed E-state index contributed by atoms with van der Waals surface area (Å²) in [7, 11) is 0. The van der Waals surface area contributed by atoms with Crippen LogP contribution in [0.4, 0.5) is 0 Å². The highest BCUT2D eigenvalue weighted by Gasteiger charge is 2.10. The number of aromatic nitrogens is 3. The lowest BCUT2D eigenvalue weighted by atomic mass is 9.95. The number of hydrogen-bond acceptors (Lipinski definition) is 2. The van der Waals surface area contributed by atoms with Gasteiger partial charge in [0.05, 0.1) is 6.33 Å². The first-order valence-electron chi connectivity index (χ1n) is 6.37. The zero-order chi connectivity index (χ0) is 11.5. The molecule has 0 unspecified atom stereocenters. The molecule has 1 N–H and O–H groups in total. The Labute approximate surface area is 101 Å². The Hall–Kier alpha value is -1.64. The van der Waals surface area contributed by atoms with E-state index in [2.05, 4.69) is 22.1 Å². The highest BCUT2D eigenvalue weighted by molar-refractivity contribution is 5.25. The Morgan fingerprint density at radius 2 is 2.06 bits per heavy atom. The SMILES string of the molecule is c1ncc(CCc2ccc3c(n2)CCCC3)[nH]1. The second-order valence-corrected chi connectivity index (χ2v) is 4.69. The van der Waals surface area contributed by atoms with Crippen molar-refractivity contribution in [3.63, 3.8) is 0 Å². The van der Waals surface area contributed by atoms with Crippen LogP contribution in [0.2, 0.25) is 0 Å². The number of aromatic amines is 1. The van der Waals surface area contributed by atoms with Crippen molar-refractivity contribution in [2.24, 2.45) is 0 Å². The van der Waals surface area contributed by atoms with Crippen LogP contribution < -0.4 is 0 Å². The minimum Gasteiger partial charge on any atom is -0.348 e. The van der Waals surface area contributed by atoms with Crippen molar-refractivity contribution >= 4 is 0 Å². The molecule has 2 heterocycles. The molecule has 2 aromatic rings. The van der Waals surface area contributed by atoms with E-state index in [1.807, 2.05) is 6.20 Å². The quantitative estimate of drug-likeness (QED) is 0.875. The first-order valence-corrected chi connectivity index (χ1v) is 6.37. The second kappa shape index (κ2) is 4.70. The molecule has 0 amide bonds. The van der Waals surface area contributed by atoms with E-state index in [0.29, 0.717) is 0 Å². The Kier molecular flexibility index (Phi) is 2.90. The largest absolute Gasteiger partial charge is 0.348 e. The molecule has 1 aliphatic carbocycles. The first kappa shape index (κ1) is 10.5. The minimum absolute atomic E-state index is 0.992. The molecule has 0 radical (unpaired) electrons.